The summed E-state index contributed by atoms with van der Waals surface area (Å²) in [5.41, 5.74) is 0.122. The lowest BCUT2D eigenvalue weighted by atomic mass is 10.1. The lowest BCUT2D eigenvalue weighted by molar-refractivity contribution is -0.121. The Morgan fingerprint density at radius 2 is 2.15 bits per heavy atom. The summed E-state index contributed by atoms with van der Waals surface area (Å²) >= 11 is 0. The van der Waals surface area contributed by atoms with Crippen LogP contribution in [0.2, 0.25) is 0 Å². The van der Waals surface area contributed by atoms with Gasteiger partial charge in [-0.15, -0.1) is 0 Å². The van der Waals surface area contributed by atoms with Crippen molar-refractivity contribution < 1.29 is 18.7 Å². The Labute approximate surface area is 149 Å². The highest BCUT2D eigenvalue weighted by molar-refractivity contribution is 5.94. The van der Waals surface area contributed by atoms with E-state index in [-0.39, 0.29) is 30.6 Å². The zero-order valence-electron chi connectivity index (χ0n) is 14.4. The third-order valence-corrected chi connectivity index (χ3v) is 3.77. The number of amides is 2. The van der Waals surface area contributed by atoms with E-state index in [1.165, 1.54) is 25.3 Å². The molecule has 0 bridgehead atoms. The van der Waals surface area contributed by atoms with Crippen LogP contribution in [0.4, 0.5) is 0 Å². The lowest BCUT2D eigenvalue weighted by Gasteiger charge is -2.13. The van der Waals surface area contributed by atoms with Crippen molar-refractivity contribution in [1.29, 1.82) is 0 Å². The molecule has 8 heteroatoms. The third kappa shape index (κ3) is 3.80. The van der Waals surface area contributed by atoms with Crippen molar-refractivity contribution in [3.8, 4) is 5.75 Å². The van der Waals surface area contributed by atoms with Crippen LogP contribution >= 0.6 is 0 Å². The number of benzene rings is 1. The Kier molecular flexibility index (Phi) is 5.12. The molecule has 0 saturated carbocycles. The van der Waals surface area contributed by atoms with E-state index < -0.39 is 5.91 Å². The minimum atomic E-state index is -0.403. The van der Waals surface area contributed by atoms with Crippen LogP contribution in [-0.4, -0.2) is 47.3 Å². The van der Waals surface area contributed by atoms with Gasteiger partial charge in [0.15, 0.2) is 12.3 Å². The number of nitrogens with one attached hydrogen (secondary N) is 1. The number of rotatable bonds is 6. The fraction of sp³-hybridized carbons (Fsp3) is 0.222. The van der Waals surface area contributed by atoms with E-state index in [1.807, 2.05) is 24.3 Å². The summed E-state index contributed by atoms with van der Waals surface area (Å²) < 4.78 is 11.1. The molecule has 8 nitrogen and oxygen atoms in total. The molecule has 26 heavy (non-hydrogen) atoms. The number of pyridine rings is 1. The van der Waals surface area contributed by atoms with Gasteiger partial charge in [-0.25, -0.2) is 4.98 Å². The highest BCUT2D eigenvalue weighted by atomic mass is 16.5. The number of nitrogens with zero attached hydrogens (tertiary/aromatic N) is 3. The van der Waals surface area contributed by atoms with Crippen molar-refractivity contribution in [3.63, 3.8) is 0 Å². The Hall–Kier alpha value is -3.42. The topological polar surface area (TPSA) is 97.6 Å². The number of carbonyl (C=O) groups excluding carboxylic acids is 2. The van der Waals surface area contributed by atoms with Crippen LogP contribution in [0.25, 0.3) is 10.8 Å². The fourth-order valence-corrected chi connectivity index (χ4v) is 2.40. The maximum absolute atomic E-state index is 12.2. The fourth-order valence-electron chi connectivity index (χ4n) is 2.40. The van der Waals surface area contributed by atoms with Crippen molar-refractivity contribution >= 4 is 22.6 Å². The molecule has 2 aromatic heterocycles. The van der Waals surface area contributed by atoms with E-state index >= 15 is 0 Å². The third-order valence-electron chi connectivity index (χ3n) is 3.77. The zero-order valence-corrected chi connectivity index (χ0v) is 14.4. The molecule has 0 aliphatic rings. The minimum absolute atomic E-state index is 0.0575. The summed E-state index contributed by atoms with van der Waals surface area (Å²) in [5.74, 6) is 0.277. The van der Waals surface area contributed by atoms with Gasteiger partial charge in [-0.3, -0.25) is 14.6 Å². The number of oxazole rings is 1. The predicted molar refractivity (Wildman–Crippen MR) is 93.6 cm³/mol. The van der Waals surface area contributed by atoms with Gasteiger partial charge in [-0.1, -0.05) is 12.1 Å². The number of hydrogen-bond acceptors (Lipinski definition) is 6. The summed E-state index contributed by atoms with van der Waals surface area (Å²) in [6.07, 6.45) is 4.71. The molecular formula is C18H18N4O4. The average molecular weight is 354 g/mol. The van der Waals surface area contributed by atoms with Crippen LogP contribution in [0.5, 0.6) is 5.75 Å². The molecule has 0 fully saturated rings. The first-order valence-electron chi connectivity index (χ1n) is 7.94. The standard InChI is InChI=1S/C18H18N4O4/c1-19-16(23)9-22(2)18(24)14-10-26-17(21-14)11-25-15-5-3-4-12-8-20-7-6-13(12)15/h3-8,10H,9,11H2,1-2H3,(H,19,23). The van der Waals surface area contributed by atoms with Gasteiger partial charge >= 0.3 is 0 Å². The Morgan fingerprint density at radius 1 is 1.31 bits per heavy atom. The van der Waals surface area contributed by atoms with Gasteiger partial charge in [0.2, 0.25) is 11.8 Å². The normalized spacial score (nSPS) is 10.5. The lowest BCUT2D eigenvalue weighted by Crippen LogP contribution is -2.37. The molecule has 0 unspecified atom stereocenters. The molecule has 0 atom stereocenters. The van der Waals surface area contributed by atoms with E-state index in [0.717, 1.165) is 10.8 Å². The van der Waals surface area contributed by atoms with E-state index in [9.17, 15) is 9.59 Å². The highest BCUT2D eigenvalue weighted by Gasteiger charge is 2.18. The second-order valence-corrected chi connectivity index (χ2v) is 5.60. The summed E-state index contributed by atoms with van der Waals surface area (Å²) in [7, 11) is 3.03. The molecule has 0 radical (unpaired) electrons. The van der Waals surface area contributed by atoms with Crippen LogP contribution in [0.3, 0.4) is 0 Å². The van der Waals surface area contributed by atoms with Gasteiger partial charge < -0.3 is 19.4 Å². The number of aromatic nitrogens is 2. The zero-order chi connectivity index (χ0) is 18.5. The SMILES string of the molecule is CNC(=O)CN(C)C(=O)c1coc(COc2cccc3cnccc23)n1. The van der Waals surface area contributed by atoms with E-state index in [4.69, 9.17) is 9.15 Å². The van der Waals surface area contributed by atoms with Gasteiger partial charge in [-0.2, -0.15) is 0 Å². The second-order valence-electron chi connectivity index (χ2n) is 5.60. The van der Waals surface area contributed by atoms with E-state index in [0.29, 0.717) is 5.75 Å². The van der Waals surface area contributed by atoms with E-state index in [2.05, 4.69) is 15.3 Å². The maximum atomic E-state index is 12.2. The molecule has 0 spiro atoms. The summed E-state index contributed by atoms with van der Waals surface area (Å²) in [4.78, 5) is 33.1. The van der Waals surface area contributed by atoms with Crippen LogP contribution in [-0.2, 0) is 11.4 Å². The van der Waals surface area contributed by atoms with Crippen LogP contribution < -0.4 is 10.1 Å². The number of carbonyl (C=O) groups is 2. The van der Waals surface area contributed by atoms with Gasteiger partial charge in [0, 0.05) is 37.3 Å². The highest BCUT2D eigenvalue weighted by Crippen LogP contribution is 2.25. The largest absolute Gasteiger partial charge is 0.483 e. The van der Waals surface area contributed by atoms with Crippen molar-refractivity contribution in [3.05, 3.63) is 54.5 Å². The molecule has 3 aromatic rings. The van der Waals surface area contributed by atoms with Crippen LogP contribution in [0, 0.1) is 0 Å². The van der Waals surface area contributed by atoms with Crippen molar-refractivity contribution in [2.24, 2.45) is 0 Å². The van der Waals surface area contributed by atoms with Crippen molar-refractivity contribution in [2.75, 3.05) is 20.6 Å². The average Bonchev–Trinajstić information content (AvgIpc) is 3.14. The van der Waals surface area contributed by atoms with Crippen LogP contribution in [0.15, 0.2) is 47.3 Å². The predicted octanol–water partition coefficient (Wildman–Crippen LogP) is 1.62. The molecule has 1 aromatic carbocycles. The van der Waals surface area contributed by atoms with Crippen molar-refractivity contribution in [2.45, 2.75) is 6.61 Å². The number of ether oxygens (including phenoxy) is 1. The van der Waals surface area contributed by atoms with Gasteiger partial charge in [0.05, 0.1) is 6.54 Å². The number of fused-ring (bicyclic) bond motifs is 1. The molecule has 3 rings (SSSR count). The number of likely N-dealkylation sites (N-methyl/N-ethyl adjacent to an activating group) is 2. The summed E-state index contributed by atoms with van der Waals surface area (Å²) in [5, 5.41) is 4.35. The Bertz CT molecular complexity index is 932. The Morgan fingerprint density at radius 3 is 2.96 bits per heavy atom. The quantitative estimate of drug-likeness (QED) is 0.722. The van der Waals surface area contributed by atoms with E-state index in [1.54, 1.807) is 12.4 Å². The Balaban J connectivity index is 1.67. The maximum Gasteiger partial charge on any atom is 0.276 e. The summed E-state index contributed by atoms with van der Waals surface area (Å²) in [6.45, 7) is 0.0198. The second kappa shape index (κ2) is 7.64. The number of hydrogen-bond donors (Lipinski definition) is 1. The first-order chi connectivity index (χ1) is 12.6. The first kappa shape index (κ1) is 17.4. The molecule has 2 heterocycles. The first-order valence-corrected chi connectivity index (χ1v) is 7.94. The molecule has 1 N–H and O–H groups in total. The minimum Gasteiger partial charge on any atom is -0.483 e. The monoisotopic (exact) mass is 354 g/mol. The molecule has 0 aliphatic heterocycles. The van der Waals surface area contributed by atoms with Crippen LogP contribution in [0.1, 0.15) is 16.4 Å². The molecule has 134 valence electrons. The van der Waals surface area contributed by atoms with Gasteiger partial charge in [0.25, 0.3) is 5.91 Å². The van der Waals surface area contributed by atoms with Gasteiger partial charge in [0.1, 0.15) is 12.0 Å². The smallest absolute Gasteiger partial charge is 0.276 e. The summed E-state index contributed by atoms with van der Waals surface area (Å²) in [6, 6.07) is 7.52. The molecule has 0 saturated heterocycles. The molecule has 0 aliphatic carbocycles. The molecule has 2 amide bonds. The van der Waals surface area contributed by atoms with Gasteiger partial charge in [-0.05, 0) is 12.1 Å². The van der Waals surface area contributed by atoms with Crippen molar-refractivity contribution in [1.82, 2.24) is 20.2 Å². The molecular weight excluding hydrogens is 336 g/mol.